The summed E-state index contributed by atoms with van der Waals surface area (Å²) in [5.41, 5.74) is 8.60. The first-order valence-electron chi connectivity index (χ1n) is 6.55. The zero-order chi connectivity index (χ0) is 14.5. The molecule has 4 heteroatoms. The SMILES string of the molecule is CCCc1ccc(NC(=O)c2ccc(Cl)cc2N)cc1. The van der Waals surface area contributed by atoms with Crippen LogP contribution in [0.25, 0.3) is 0 Å². The van der Waals surface area contributed by atoms with Crippen molar-refractivity contribution in [2.45, 2.75) is 19.8 Å². The number of hydrogen-bond acceptors (Lipinski definition) is 2. The molecule has 3 N–H and O–H groups in total. The largest absolute Gasteiger partial charge is 0.398 e. The highest BCUT2D eigenvalue weighted by atomic mass is 35.5. The van der Waals surface area contributed by atoms with E-state index in [-0.39, 0.29) is 5.91 Å². The molecule has 0 spiro atoms. The van der Waals surface area contributed by atoms with Crippen LogP contribution in [0, 0.1) is 0 Å². The lowest BCUT2D eigenvalue weighted by molar-refractivity contribution is 0.102. The zero-order valence-corrected chi connectivity index (χ0v) is 12.1. The smallest absolute Gasteiger partial charge is 0.257 e. The van der Waals surface area contributed by atoms with Crippen LogP contribution >= 0.6 is 11.6 Å². The number of rotatable bonds is 4. The molecule has 0 aliphatic heterocycles. The van der Waals surface area contributed by atoms with Gasteiger partial charge < -0.3 is 11.1 Å². The van der Waals surface area contributed by atoms with Crippen LogP contribution in [-0.2, 0) is 6.42 Å². The van der Waals surface area contributed by atoms with Crippen LogP contribution in [0.5, 0.6) is 0 Å². The maximum absolute atomic E-state index is 12.1. The molecule has 0 bridgehead atoms. The number of hydrogen-bond donors (Lipinski definition) is 2. The number of nitrogens with one attached hydrogen (secondary N) is 1. The molecule has 0 saturated heterocycles. The molecule has 20 heavy (non-hydrogen) atoms. The molecule has 0 heterocycles. The number of amides is 1. The third kappa shape index (κ3) is 3.52. The number of nitrogens with two attached hydrogens (primary N) is 1. The number of benzene rings is 2. The molecule has 1 amide bonds. The quantitative estimate of drug-likeness (QED) is 0.831. The summed E-state index contributed by atoms with van der Waals surface area (Å²) < 4.78 is 0. The monoisotopic (exact) mass is 288 g/mol. The number of carbonyl (C=O) groups excluding carboxylic acids is 1. The van der Waals surface area contributed by atoms with E-state index in [0.29, 0.717) is 16.3 Å². The van der Waals surface area contributed by atoms with E-state index in [2.05, 4.69) is 12.2 Å². The van der Waals surface area contributed by atoms with E-state index in [1.54, 1.807) is 18.2 Å². The molecule has 0 saturated carbocycles. The summed E-state index contributed by atoms with van der Waals surface area (Å²) in [6.45, 7) is 2.14. The predicted molar refractivity (Wildman–Crippen MR) is 84.3 cm³/mol. The van der Waals surface area contributed by atoms with Gasteiger partial charge in [0.15, 0.2) is 0 Å². The van der Waals surface area contributed by atoms with E-state index in [1.807, 2.05) is 24.3 Å². The number of nitrogen functional groups attached to an aromatic ring is 1. The van der Waals surface area contributed by atoms with Crippen LogP contribution < -0.4 is 11.1 Å². The molecular formula is C16H17ClN2O. The minimum Gasteiger partial charge on any atom is -0.398 e. The average Bonchev–Trinajstić information content (AvgIpc) is 2.41. The standard InChI is InChI=1S/C16H17ClN2O/c1-2-3-11-4-7-13(8-5-11)19-16(20)14-9-6-12(17)10-15(14)18/h4-10H,2-3,18H2,1H3,(H,19,20). The molecule has 0 fully saturated rings. The van der Waals surface area contributed by atoms with Gasteiger partial charge in [0.05, 0.1) is 5.56 Å². The van der Waals surface area contributed by atoms with Gasteiger partial charge in [0, 0.05) is 16.4 Å². The van der Waals surface area contributed by atoms with E-state index < -0.39 is 0 Å². The zero-order valence-electron chi connectivity index (χ0n) is 11.3. The maximum atomic E-state index is 12.1. The van der Waals surface area contributed by atoms with Gasteiger partial charge in [0.1, 0.15) is 0 Å². The normalized spacial score (nSPS) is 10.3. The van der Waals surface area contributed by atoms with Crippen molar-refractivity contribution >= 4 is 28.9 Å². The van der Waals surface area contributed by atoms with Gasteiger partial charge in [0.25, 0.3) is 5.91 Å². The van der Waals surface area contributed by atoms with Gasteiger partial charge in [-0.2, -0.15) is 0 Å². The molecule has 0 aromatic heterocycles. The van der Waals surface area contributed by atoms with Gasteiger partial charge in [-0.3, -0.25) is 4.79 Å². The fourth-order valence-electron chi connectivity index (χ4n) is 1.98. The van der Waals surface area contributed by atoms with E-state index in [1.165, 1.54) is 5.56 Å². The van der Waals surface area contributed by atoms with Gasteiger partial charge in [-0.1, -0.05) is 37.1 Å². The summed E-state index contributed by atoms with van der Waals surface area (Å²) >= 11 is 5.82. The topological polar surface area (TPSA) is 55.1 Å². The summed E-state index contributed by atoms with van der Waals surface area (Å²) in [7, 11) is 0. The molecule has 3 nitrogen and oxygen atoms in total. The second kappa shape index (κ2) is 6.44. The van der Waals surface area contributed by atoms with Crippen LogP contribution in [0.1, 0.15) is 29.3 Å². The minimum absolute atomic E-state index is 0.234. The van der Waals surface area contributed by atoms with Gasteiger partial charge in [-0.05, 0) is 42.3 Å². The summed E-state index contributed by atoms with van der Waals surface area (Å²) in [5, 5.41) is 3.34. The van der Waals surface area contributed by atoms with Crippen molar-refractivity contribution in [3.8, 4) is 0 Å². The van der Waals surface area contributed by atoms with Crippen molar-refractivity contribution in [2.24, 2.45) is 0 Å². The van der Waals surface area contributed by atoms with Gasteiger partial charge in [-0.15, -0.1) is 0 Å². The Morgan fingerprint density at radius 1 is 1.20 bits per heavy atom. The Morgan fingerprint density at radius 3 is 2.50 bits per heavy atom. The Kier molecular flexibility index (Phi) is 4.64. The molecule has 0 radical (unpaired) electrons. The highest BCUT2D eigenvalue weighted by Gasteiger charge is 2.10. The Bertz CT molecular complexity index is 608. The predicted octanol–water partition coefficient (Wildman–Crippen LogP) is 4.13. The molecule has 104 valence electrons. The molecule has 0 aliphatic rings. The lowest BCUT2D eigenvalue weighted by Crippen LogP contribution is -2.13. The van der Waals surface area contributed by atoms with Crippen molar-refractivity contribution in [3.05, 3.63) is 58.6 Å². The fraction of sp³-hybridized carbons (Fsp3) is 0.188. The summed E-state index contributed by atoms with van der Waals surface area (Å²) in [6, 6.07) is 12.7. The Hall–Kier alpha value is -2.00. The summed E-state index contributed by atoms with van der Waals surface area (Å²) in [6.07, 6.45) is 2.14. The Balaban J connectivity index is 2.11. The number of carbonyl (C=O) groups is 1. The second-order valence-corrected chi connectivity index (χ2v) is 5.07. The van der Waals surface area contributed by atoms with Gasteiger partial charge in [0.2, 0.25) is 0 Å². The highest BCUT2D eigenvalue weighted by molar-refractivity contribution is 6.31. The third-order valence-corrected chi connectivity index (χ3v) is 3.24. The highest BCUT2D eigenvalue weighted by Crippen LogP contribution is 2.19. The first-order chi connectivity index (χ1) is 9.60. The second-order valence-electron chi connectivity index (χ2n) is 4.63. The average molecular weight is 289 g/mol. The fourth-order valence-corrected chi connectivity index (χ4v) is 2.16. The number of aryl methyl sites for hydroxylation is 1. The molecule has 0 atom stereocenters. The van der Waals surface area contributed by atoms with Crippen LogP contribution in [-0.4, -0.2) is 5.91 Å². The van der Waals surface area contributed by atoms with Crippen molar-refractivity contribution in [1.82, 2.24) is 0 Å². The third-order valence-electron chi connectivity index (χ3n) is 3.01. The minimum atomic E-state index is -0.234. The van der Waals surface area contributed by atoms with Crippen LogP contribution in [0.15, 0.2) is 42.5 Å². The molecule has 2 aromatic carbocycles. The molecular weight excluding hydrogens is 272 g/mol. The van der Waals surface area contributed by atoms with Gasteiger partial charge >= 0.3 is 0 Å². The van der Waals surface area contributed by atoms with Crippen LogP contribution in [0.3, 0.4) is 0 Å². The van der Waals surface area contributed by atoms with Crippen LogP contribution in [0.4, 0.5) is 11.4 Å². The van der Waals surface area contributed by atoms with Crippen LogP contribution in [0.2, 0.25) is 5.02 Å². The number of halogens is 1. The Labute approximate surface area is 123 Å². The van der Waals surface area contributed by atoms with E-state index in [9.17, 15) is 4.79 Å². The molecule has 2 aromatic rings. The molecule has 2 rings (SSSR count). The number of anilines is 2. The van der Waals surface area contributed by atoms with Gasteiger partial charge in [-0.25, -0.2) is 0 Å². The lowest BCUT2D eigenvalue weighted by Gasteiger charge is -2.08. The van der Waals surface area contributed by atoms with Crippen molar-refractivity contribution in [1.29, 1.82) is 0 Å². The maximum Gasteiger partial charge on any atom is 0.257 e. The van der Waals surface area contributed by atoms with Crippen molar-refractivity contribution in [2.75, 3.05) is 11.1 Å². The van der Waals surface area contributed by atoms with Crippen molar-refractivity contribution in [3.63, 3.8) is 0 Å². The van der Waals surface area contributed by atoms with Crippen molar-refractivity contribution < 1.29 is 4.79 Å². The molecule has 0 unspecified atom stereocenters. The molecule has 0 aliphatic carbocycles. The van der Waals surface area contributed by atoms with E-state index >= 15 is 0 Å². The first kappa shape index (κ1) is 14.4. The first-order valence-corrected chi connectivity index (χ1v) is 6.93. The Morgan fingerprint density at radius 2 is 1.90 bits per heavy atom. The van der Waals surface area contributed by atoms with E-state index in [0.717, 1.165) is 18.5 Å². The summed E-state index contributed by atoms with van der Waals surface area (Å²) in [4.78, 5) is 12.1. The lowest BCUT2D eigenvalue weighted by atomic mass is 10.1. The van der Waals surface area contributed by atoms with E-state index in [4.69, 9.17) is 17.3 Å². The summed E-state index contributed by atoms with van der Waals surface area (Å²) in [5.74, 6) is -0.234.